The summed E-state index contributed by atoms with van der Waals surface area (Å²) in [6.07, 6.45) is 0.523. The highest BCUT2D eigenvalue weighted by atomic mass is 32.1. The van der Waals surface area contributed by atoms with Crippen molar-refractivity contribution in [3.8, 4) is 0 Å². The summed E-state index contributed by atoms with van der Waals surface area (Å²) in [7, 11) is 0. The van der Waals surface area contributed by atoms with Gasteiger partial charge in [-0.25, -0.2) is 0 Å². The van der Waals surface area contributed by atoms with E-state index in [0.717, 1.165) is 0 Å². The zero-order chi connectivity index (χ0) is 11.9. The van der Waals surface area contributed by atoms with Crippen molar-refractivity contribution < 1.29 is 9.84 Å². The number of nitrogens with zero attached hydrogens (tertiary/aromatic N) is 1. The molecule has 0 saturated carbocycles. The topological polar surface area (TPSA) is 67.2 Å². The molecule has 0 bridgehead atoms. The molecule has 0 aliphatic carbocycles. The molecule has 2 N–H and O–H groups in total. The fourth-order valence-corrected chi connectivity index (χ4v) is 2.23. The Morgan fingerprint density at radius 2 is 2.25 bits per heavy atom. The Morgan fingerprint density at radius 3 is 2.75 bits per heavy atom. The lowest BCUT2D eigenvalue weighted by Crippen LogP contribution is -2.23. The van der Waals surface area contributed by atoms with Gasteiger partial charge in [-0.05, 0) is 19.1 Å². The van der Waals surface area contributed by atoms with Crippen LogP contribution in [-0.4, -0.2) is 26.9 Å². The van der Waals surface area contributed by atoms with Crippen molar-refractivity contribution in [2.75, 3.05) is 0 Å². The fraction of sp³-hybridized carbons (Fsp3) is 0.600. The first-order valence-corrected chi connectivity index (χ1v) is 5.56. The van der Waals surface area contributed by atoms with E-state index in [1.807, 2.05) is 13.8 Å². The van der Waals surface area contributed by atoms with Crippen LogP contribution in [0.3, 0.4) is 0 Å². The van der Waals surface area contributed by atoms with Gasteiger partial charge in [-0.15, -0.1) is 0 Å². The molecule has 1 aliphatic heterocycles. The van der Waals surface area contributed by atoms with Gasteiger partial charge in [0.05, 0.1) is 12.2 Å². The van der Waals surface area contributed by atoms with Crippen molar-refractivity contribution in [3.63, 3.8) is 0 Å². The van der Waals surface area contributed by atoms with Gasteiger partial charge >= 0.3 is 0 Å². The van der Waals surface area contributed by atoms with Crippen molar-refractivity contribution in [3.05, 3.63) is 27.4 Å². The Hall–Kier alpha value is -0.980. The average Bonchev–Trinajstić information content (AvgIpc) is 2.46. The van der Waals surface area contributed by atoms with E-state index in [1.165, 1.54) is 6.07 Å². The van der Waals surface area contributed by atoms with Crippen LogP contribution in [0.5, 0.6) is 0 Å². The number of ether oxygens (including phenoxy) is 1. The second-order valence-corrected chi connectivity index (χ2v) is 4.49. The highest BCUT2D eigenvalue weighted by Gasteiger charge is 2.39. The van der Waals surface area contributed by atoms with Gasteiger partial charge in [0.2, 0.25) is 0 Å². The quantitative estimate of drug-likeness (QED) is 0.715. The summed E-state index contributed by atoms with van der Waals surface area (Å²) >= 11 is 5.05. The summed E-state index contributed by atoms with van der Waals surface area (Å²) < 4.78 is 7.59. The predicted octanol–water partition coefficient (Wildman–Crippen LogP) is 0.820. The monoisotopic (exact) mass is 242 g/mol. The van der Waals surface area contributed by atoms with Crippen LogP contribution in [0.2, 0.25) is 0 Å². The van der Waals surface area contributed by atoms with E-state index >= 15 is 0 Å². The first kappa shape index (κ1) is 11.5. The van der Waals surface area contributed by atoms with E-state index in [1.54, 1.807) is 10.8 Å². The van der Waals surface area contributed by atoms with E-state index in [9.17, 15) is 9.90 Å². The van der Waals surface area contributed by atoms with Crippen molar-refractivity contribution in [1.29, 1.82) is 0 Å². The van der Waals surface area contributed by atoms with E-state index in [2.05, 4.69) is 4.98 Å². The smallest absolute Gasteiger partial charge is 0.251 e. The summed E-state index contributed by atoms with van der Waals surface area (Å²) in [5.41, 5.74) is -0.236. The van der Waals surface area contributed by atoms with Crippen LogP contribution in [0, 0.1) is 10.7 Å². The van der Waals surface area contributed by atoms with Crippen molar-refractivity contribution in [1.82, 2.24) is 9.55 Å². The minimum Gasteiger partial charge on any atom is -0.390 e. The standard InChI is InChI=1S/C10H14N2O3S/c1-5-8(14)6(2)15-9(5)12-4-3-7(13)11-10(12)16/h3-6,8-9,14H,1-2H3,(H,11,13,16)/t5-,6-,8+,9-/m1/s1. The Balaban J connectivity index is 2.39. The van der Waals surface area contributed by atoms with Crippen LogP contribution < -0.4 is 5.56 Å². The normalized spacial score (nSPS) is 34.2. The van der Waals surface area contributed by atoms with Crippen LogP contribution in [0.25, 0.3) is 0 Å². The van der Waals surface area contributed by atoms with E-state index in [0.29, 0.717) is 4.77 Å². The Labute approximate surface area is 97.7 Å². The maximum absolute atomic E-state index is 11.0. The lowest BCUT2D eigenvalue weighted by molar-refractivity contribution is -0.0133. The van der Waals surface area contributed by atoms with Gasteiger partial charge in [-0.2, -0.15) is 0 Å². The highest BCUT2D eigenvalue weighted by Crippen LogP contribution is 2.33. The molecular weight excluding hydrogens is 228 g/mol. The van der Waals surface area contributed by atoms with E-state index in [-0.39, 0.29) is 23.8 Å². The minimum atomic E-state index is -0.515. The molecule has 16 heavy (non-hydrogen) atoms. The van der Waals surface area contributed by atoms with Gasteiger partial charge in [-0.1, -0.05) is 6.92 Å². The van der Waals surface area contributed by atoms with Gasteiger partial charge in [0.25, 0.3) is 5.56 Å². The molecule has 0 aromatic carbocycles. The number of aliphatic hydroxyl groups excluding tert-OH is 1. The highest BCUT2D eigenvalue weighted by molar-refractivity contribution is 7.71. The second-order valence-electron chi connectivity index (χ2n) is 4.10. The molecule has 0 amide bonds. The van der Waals surface area contributed by atoms with Gasteiger partial charge in [0.15, 0.2) is 4.77 Å². The van der Waals surface area contributed by atoms with Crippen LogP contribution in [-0.2, 0) is 4.74 Å². The summed E-state index contributed by atoms with van der Waals surface area (Å²) in [6, 6.07) is 1.39. The summed E-state index contributed by atoms with van der Waals surface area (Å²) in [5, 5.41) is 9.80. The number of aromatic amines is 1. The first-order valence-electron chi connectivity index (χ1n) is 5.15. The first-order chi connectivity index (χ1) is 7.50. The van der Waals surface area contributed by atoms with Gasteiger partial charge < -0.3 is 9.84 Å². The molecular formula is C10H14N2O3S. The SMILES string of the molecule is C[C@@H]1[C@H](O)[C@@H](C)O[C@H]1n1ccc(=O)[nH]c1=S. The summed E-state index contributed by atoms with van der Waals surface area (Å²) in [6.45, 7) is 3.71. The van der Waals surface area contributed by atoms with Crippen molar-refractivity contribution in [2.24, 2.45) is 5.92 Å². The average molecular weight is 242 g/mol. The summed E-state index contributed by atoms with van der Waals surface area (Å²) in [4.78, 5) is 13.6. The van der Waals surface area contributed by atoms with Crippen molar-refractivity contribution in [2.45, 2.75) is 32.3 Å². The molecule has 0 unspecified atom stereocenters. The fourth-order valence-electron chi connectivity index (χ4n) is 1.97. The molecule has 0 spiro atoms. The van der Waals surface area contributed by atoms with Crippen molar-refractivity contribution >= 4 is 12.2 Å². The Morgan fingerprint density at radius 1 is 1.56 bits per heavy atom. The summed E-state index contributed by atoms with van der Waals surface area (Å²) in [5.74, 6) is -0.0624. The van der Waals surface area contributed by atoms with Crippen LogP contribution in [0.15, 0.2) is 17.1 Å². The van der Waals surface area contributed by atoms with Crippen LogP contribution >= 0.6 is 12.2 Å². The molecule has 88 valence electrons. The molecule has 5 nitrogen and oxygen atoms in total. The molecule has 2 heterocycles. The number of H-pyrrole nitrogens is 1. The maximum atomic E-state index is 11.0. The van der Waals surface area contributed by atoms with Gasteiger partial charge in [0, 0.05) is 18.2 Å². The molecule has 1 aliphatic rings. The number of hydrogen-bond acceptors (Lipinski definition) is 4. The largest absolute Gasteiger partial charge is 0.390 e. The molecule has 1 fully saturated rings. The van der Waals surface area contributed by atoms with Crippen LogP contribution in [0.4, 0.5) is 0 Å². The number of nitrogens with one attached hydrogen (secondary N) is 1. The number of aliphatic hydroxyl groups is 1. The number of rotatable bonds is 1. The van der Waals surface area contributed by atoms with Crippen LogP contribution in [0.1, 0.15) is 20.1 Å². The minimum absolute atomic E-state index is 0.0624. The third-order valence-corrected chi connectivity index (χ3v) is 3.26. The molecule has 2 rings (SSSR count). The molecule has 1 aromatic heterocycles. The third kappa shape index (κ3) is 1.83. The van der Waals surface area contributed by atoms with E-state index in [4.69, 9.17) is 17.0 Å². The second kappa shape index (κ2) is 4.12. The molecule has 1 saturated heterocycles. The van der Waals surface area contributed by atoms with Gasteiger partial charge in [0.1, 0.15) is 6.23 Å². The van der Waals surface area contributed by atoms with E-state index < -0.39 is 6.10 Å². The number of hydrogen-bond donors (Lipinski definition) is 2. The zero-order valence-electron chi connectivity index (χ0n) is 9.08. The third-order valence-electron chi connectivity index (χ3n) is 2.95. The Bertz CT molecular complexity index is 495. The lowest BCUT2D eigenvalue weighted by Gasteiger charge is -2.18. The number of aromatic nitrogens is 2. The Kier molecular flexibility index (Phi) is 2.96. The molecule has 6 heteroatoms. The molecule has 0 radical (unpaired) electrons. The molecule has 4 atom stereocenters. The maximum Gasteiger partial charge on any atom is 0.251 e. The lowest BCUT2D eigenvalue weighted by atomic mass is 10.0. The van der Waals surface area contributed by atoms with Gasteiger partial charge in [-0.3, -0.25) is 14.3 Å². The molecule has 1 aromatic rings. The predicted molar refractivity (Wildman–Crippen MR) is 60.6 cm³/mol. The zero-order valence-corrected chi connectivity index (χ0v) is 9.90.